The Morgan fingerprint density at radius 2 is 2.07 bits per heavy atom. The lowest BCUT2D eigenvalue weighted by Crippen LogP contribution is -2.48. The molecule has 0 saturated heterocycles. The lowest BCUT2D eigenvalue weighted by molar-refractivity contribution is -0.0390. The molecule has 2 aromatic rings. The zero-order valence-corrected chi connectivity index (χ0v) is 15.8. The second-order valence-electron chi connectivity index (χ2n) is 7.85. The fraction of sp³-hybridized carbons (Fsp3) is 0.474. The van der Waals surface area contributed by atoms with Crippen LogP contribution in [0.5, 0.6) is 0 Å². The highest BCUT2D eigenvalue weighted by molar-refractivity contribution is 5.91. The van der Waals surface area contributed by atoms with Crippen LogP contribution in [0.4, 0.5) is 8.78 Å². The van der Waals surface area contributed by atoms with E-state index in [1.165, 1.54) is 17.0 Å². The molecule has 2 heterocycles. The number of halogens is 2. The maximum absolute atomic E-state index is 13.5. The lowest BCUT2D eigenvalue weighted by atomic mass is 9.96. The van der Waals surface area contributed by atoms with Crippen molar-refractivity contribution in [1.29, 1.82) is 0 Å². The Morgan fingerprint density at radius 1 is 1.33 bits per heavy atom. The summed E-state index contributed by atoms with van der Waals surface area (Å²) in [6, 6.07) is 3.41. The molecule has 1 aromatic heterocycles. The van der Waals surface area contributed by atoms with E-state index in [-0.39, 0.29) is 11.3 Å². The van der Waals surface area contributed by atoms with Gasteiger partial charge in [-0.15, -0.1) is 0 Å². The number of nitrogens with one attached hydrogen (secondary N) is 1. The standard InChI is InChI=1S/C19H23F2N3O3/c1-18(2,3)26-11-22-9-19(4)8-15-16(17(25)27-19)24(10-23-15)12-5-6-13(20)14(21)7-12/h5-7,10,22H,8-9,11H2,1-4H3. The first-order valence-electron chi connectivity index (χ1n) is 8.68. The number of ether oxygens (including phenoxy) is 2. The average Bonchev–Trinajstić information content (AvgIpc) is 2.97. The predicted molar refractivity (Wildman–Crippen MR) is 94.7 cm³/mol. The number of carbonyl (C=O) groups is 1. The smallest absolute Gasteiger partial charge is 0.357 e. The SMILES string of the molecule is CC(C)(C)OCNCC1(C)Cc2ncn(-c3ccc(F)c(F)c3)c2C(=O)O1. The Bertz CT molecular complexity index is 860. The molecule has 0 bridgehead atoms. The van der Waals surface area contributed by atoms with Crippen LogP contribution in [0.15, 0.2) is 24.5 Å². The van der Waals surface area contributed by atoms with Crippen LogP contribution in [0.25, 0.3) is 5.69 Å². The number of nitrogens with zero attached hydrogens (tertiary/aromatic N) is 2. The van der Waals surface area contributed by atoms with E-state index in [9.17, 15) is 13.6 Å². The van der Waals surface area contributed by atoms with E-state index >= 15 is 0 Å². The number of imidazole rings is 1. The number of hydrogen-bond donors (Lipinski definition) is 1. The molecule has 1 aliphatic rings. The van der Waals surface area contributed by atoms with E-state index in [2.05, 4.69) is 10.3 Å². The fourth-order valence-corrected chi connectivity index (χ4v) is 2.91. The van der Waals surface area contributed by atoms with Gasteiger partial charge < -0.3 is 9.47 Å². The van der Waals surface area contributed by atoms with Crippen LogP contribution in [-0.2, 0) is 15.9 Å². The molecule has 0 amide bonds. The Kier molecular flexibility index (Phi) is 5.05. The molecule has 6 nitrogen and oxygen atoms in total. The Hall–Kier alpha value is -2.32. The first kappa shape index (κ1) is 19.4. The van der Waals surface area contributed by atoms with Crippen molar-refractivity contribution in [3.8, 4) is 5.69 Å². The summed E-state index contributed by atoms with van der Waals surface area (Å²) >= 11 is 0. The van der Waals surface area contributed by atoms with Crippen LogP contribution in [0.1, 0.15) is 43.9 Å². The maximum atomic E-state index is 13.5. The van der Waals surface area contributed by atoms with Gasteiger partial charge in [0, 0.05) is 19.0 Å². The van der Waals surface area contributed by atoms with Crippen molar-refractivity contribution in [2.75, 3.05) is 13.3 Å². The van der Waals surface area contributed by atoms with Crippen LogP contribution in [0.2, 0.25) is 0 Å². The third kappa shape index (κ3) is 4.33. The van der Waals surface area contributed by atoms with Crippen molar-refractivity contribution in [2.45, 2.75) is 45.3 Å². The second-order valence-corrected chi connectivity index (χ2v) is 7.85. The zero-order chi connectivity index (χ0) is 19.8. The summed E-state index contributed by atoms with van der Waals surface area (Å²) in [4.78, 5) is 16.9. The summed E-state index contributed by atoms with van der Waals surface area (Å²) in [6.07, 6.45) is 1.81. The summed E-state index contributed by atoms with van der Waals surface area (Å²) < 4.78 is 39.3. The van der Waals surface area contributed by atoms with E-state index in [4.69, 9.17) is 9.47 Å². The highest BCUT2D eigenvalue weighted by Gasteiger charge is 2.39. The van der Waals surface area contributed by atoms with Crippen LogP contribution in [0.3, 0.4) is 0 Å². The molecule has 0 spiro atoms. The average molecular weight is 379 g/mol. The molecule has 27 heavy (non-hydrogen) atoms. The van der Waals surface area contributed by atoms with Crippen LogP contribution >= 0.6 is 0 Å². The summed E-state index contributed by atoms with van der Waals surface area (Å²) in [6.45, 7) is 8.39. The first-order valence-corrected chi connectivity index (χ1v) is 8.68. The summed E-state index contributed by atoms with van der Waals surface area (Å²) in [5, 5.41) is 3.13. The van der Waals surface area contributed by atoms with Gasteiger partial charge in [-0.1, -0.05) is 0 Å². The minimum absolute atomic E-state index is 0.226. The van der Waals surface area contributed by atoms with Crippen molar-refractivity contribution in [1.82, 2.24) is 14.9 Å². The van der Waals surface area contributed by atoms with E-state index < -0.39 is 23.2 Å². The van der Waals surface area contributed by atoms with Gasteiger partial charge in [0.1, 0.15) is 11.9 Å². The molecule has 146 valence electrons. The number of carbonyl (C=O) groups excluding carboxylic acids is 1. The van der Waals surface area contributed by atoms with Gasteiger partial charge in [0.2, 0.25) is 0 Å². The Labute approximate surface area is 156 Å². The molecule has 0 aliphatic carbocycles. The summed E-state index contributed by atoms with van der Waals surface area (Å²) in [5.74, 6) is -2.50. The Balaban J connectivity index is 1.76. The number of fused-ring (bicyclic) bond motifs is 1. The quantitative estimate of drug-likeness (QED) is 0.492. The molecule has 1 unspecified atom stereocenters. The predicted octanol–water partition coefficient (Wildman–Crippen LogP) is 2.98. The molecule has 1 atom stereocenters. The normalized spacial score (nSPS) is 19.7. The summed E-state index contributed by atoms with van der Waals surface area (Å²) in [5.41, 5.74) is 0.0351. The minimum Gasteiger partial charge on any atom is -0.453 e. The molecule has 3 rings (SSSR count). The highest BCUT2D eigenvalue weighted by atomic mass is 19.2. The summed E-state index contributed by atoms with van der Waals surface area (Å²) in [7, 11) is 0. The molecular formula is C19H23F2N3O3. The van der Waals surface area contributed by atoms with Gasteiger partial charge in [0.05, 0.1) is 23.7 Å². The van der Waals surface area contributed by atoms with Crippen molar-refractivity contribution in [3.05, 3.63) is 47.5 Å². The monoisotopic (exact) mass is 379 g/mol. The molecule has 0 saturated carbocycles. The molecule has 0 fully saturated rings. The second kappa shape index (κ2) is 7.01. The van der Waals surface area contributed by atoms with Gasteiger partial charge in [-0.2, -0.15) is 0 Å². The molecule has 0 radical (unpaired) electrons. The van der Waals surface area contributed by atoms with E-state index in [1.54, 1.807) is 0 Å². The number of rotatable bonds is 5. The molecule has 1 aromatic carbocycles. The third-order valence-corrected chi connectivity index (χ3v) is 4.20. The molecule has 1 aliphatic heterocycles. The van der Waals surface area contributed by atoms with Crippen LogP contribution < -0.4 is 5.32 Å². The third-order valence-electron chi connectivity index (χ3n) is 4.20. The maximum Gasteiger partial charge on any atom is 0.357 e. The lowest BCUT2D eigenvalue weighted by Gasteiger charge is -2.33. The van der Waals surface area contributed by atoms with Crippen molar-refractivity contribution < 1.29 is 23.0 Å². The molecule has 1 N–H and O–H groups in total. The van der Waals surface area contributed by atoms with Crippen LogP contribution in [-0.4, -0.2) is 40.0 Å². The zero-order valence-electron chi connectivity index (χ0n) is 15.8. The number of hydrogen-bond acceptors (Lipinski definition) is 5. The highest BCUT2D eigenvalue weighted by Crippen LogP contribution is 2.29. The van der Waals surface area contributed by atoms with E-state index in [0.717, 1.165) is 12.1 Å². The van der Waals surface area contributed by atoms with Gasteiger partial charge in [0.25, 0.3) is 0 Å². The largest absolute Gasteiger partial charge is 0.453 e. The molecular weight excluding hydrogens is 356 g/mol. The number of benzene rings is 1. The van der Waals surface area contributed by atoms with Crippen molar-refractivity contribution in [2.24, 2.45) is 0 Å². The molecule has 8 heteroatoms. The topological polar surface area (TPSA) is 65.4 Å². The fourth-order valence-electron chi connectivity index (χ4n) is 2.91. The first-order chi connectivity index (χ1) is 12.6. The number of cyclic esters (lactones) is 1. The van der Waals surface area contributed by atoms with Gasteiger partial charge >= 0.3 is 5.97 Å². The Morgan fingerprint density at radius 3 is 2.74 bits per heavy atom. The van der Waals surface area contributed by atoms with E-state index in [0.29, 0.717) is 31.1 Å². The van der Waals surface area contributed by atoms with Gasteiger partial charge in [-0.25, -0.2) is 18.6 Å². The number of esters is 1. The van der Waals surface area contributed by atoms with Crippen molar-refractivity contribution >= 4 is 5.97 Å². The van der Waals surface area contributed by atoms with Gasteiger partial charge in [-0.3, -0.25) is 9.88 Å². The number of aromatic nitrogens is 2. The van der Waals surface area contributed by atoms with Crippen LogP contribution in [0, 0.1) is 11.6 Å². The van der Waals surface area contributed by atoms with E-state index in [1.807, 2.05) is 27.7 Å². The van der Waals surface area contributed by atoms with Gasteiger partial charge in [-0.05, 0) is 39.8 Å². The van der Waals surface area contributed by atoms with Crippen molar-refractivity contribution in [3.63, 3.8) is 0 Å². The van der Waals surface area contributed by atoms with Gasteiger partial charge in [0.15, 0.2) is 17.3 Å². The minimum atomic E-state index is -0.994.